The van der Waals surface area contributed by atoms with Crippen molar-refractivity contribution in [2.24, 2.45) is 0 Å². The summed E-state index contributed by atoms with van der Waals surface area (Å²) in [6.07, 6.45) is 0.348. The Morgan fingerprint density at radius 3 is 2.41 bits per heavy atom. The normalized spacial score (nSPS) is 11.6. The van der Waals surface area contributed by atoms with Crippen LogP contribution >= 0.6 is 0 Å². The van der Waals surface area contributed by atoms with Crippen LogP contribution in [0.3, 0.4) is 0 Å². The largest absolute Gasteiger partial charge is 0.444 e. The summed E-state index contributed by atoms with van der Waals surface area (Å²) >= 11 is 0. The summed E-state index contributed by atoms with van der Waals surface area (Å²) in [4.78, 5) is 15.5. The quantitative estimate of drug-likeness (QED) is 0.640. The number of aromatic nitrogens is 1. The van der Waals surface area contributed by atoms with Gasteiger partial charge < -0.3 is 15.0 Å². The summed E-state index contributed by atoms with van der Waals surface area (Å²) in [6, 6.07) is 14.9. The average molecular weight is 364 g/mol. The lowest BCUT2D eigenvalue weighted by Crippen LogP contribution is -2.33. The van der Waals surface area contributed by atoms with Crippen LogP contribution in [0.5, 0.6) is 0 Å². The molecule has 27 heavy (non-hydrogen) atoms. The predicted octanol–water partition coefficient (Wildman–Crippen LogP) is 5.52. The van der Waals surface area contributed by atoms with Crippen molar-refractivity contribution >= 4 is 17.0 Å². The Hall–Kier alpha value is -2.75. The van der Waals surface area contributed by atoms with Gasteiger partial charge in [0.05, 0.1) is 0 Å². The molecule has 0 aliphatic rings. The number of amides is 1. The smallest absolute Gasteiger partial charge is 0.407 e. The first-order chi connectivity index (χ1) is 12.7. The van der Waals surface area contributed by atoms with Gasteiger partial charge in [-0.15, -0.1) is 0 Å². The molecule has 0 saturated carbocycles. The van der Waals surface area contributed by atoms with Gasteiger partial charge in [-0.25, -0.2) is 4.79 Å². The van der Waals surface area contributed by atoms with Gasteiger partial charge in [0, 0.05) is 23.1 Å². The van der Waals surface area contributed by atoms with Crippen molar-refractivity contribution in [3.05, 3.63) is 59.2 Å². The molecule has 0 atom stereocenters. The molecule has 0 aliphatic heterocycles. The Labute approximate surface area is 160 Å². The van der Waals surface area contributed by atoms with Gasteiger partial charge in [0.15, 0.2) is 0 Å². The number of nitrogens with one attached hydrogen (secondary N) is 2. The van der Waals surface area contributed by atoms with E-state index < -0.39 is 5.60 Å². The summed E-state index contributed by atoms with van der Waals surface area (Å²) in [7, 11) is 0. The molecule has 1 aromatic heterocycles. The van der Waals surface area contributed by atoms with Crippen molar-refractivity contribution in [1.29, 1.82) is 0 Å². The molecule has 2 aromatic carbocycles. The van der Waals surface area contributed by atoms with Gasteiger partial charge in [0.1, 0.15) is 5.60 Å². The molecule has 3 rings (SSSR count). The number of hydrogen-bond acceptors (Lipinski definition) is 2. The second-order valence-electron chi connectivity index (χ2n) is 8.08. The molecule has 4 nitrogen and oxygen atoms in total. The number of aryl methyl sites for hydroxylation is 2. The molecule has 3 aromatic rings. The van der Waals surface area contributed by atoms with E-state index in [9.17, 15) is 4.79 Å². The third-order valence-corrected chi connectivity index (χ3v) is 4.37. The van der Waals surface area contributed by atoms with E-state index in [1.54, 1.807) is 0 Å². The zero-order valence-electron chi connectivity index (χ0n) is 16.8. The number of carbonyl (C=O) groups is 1. The highest BCUT2D eigenvalue weighted by molar-refractivity contribution is 5.91. The molecule has 2 N–H and O–H groups in total. The number of alkyl carbamates (subject to hydrolysis) is 1. The van der Waals surface area contributed by atoms with E-state index in [-0.39, 0.29) is 6.09 Å². The summed E-state index contributed by atoms with van der Waals surface area (Å²) < 4.78 is 5.33. The van der Waals surface area contributed by atoms with Gasteiger partial charge in [-0.05, 0) is 70.4 Å². The maximum Gasteiger partial charge on any atom is 0.407 e. The van der Waals surface area contributed by atoms with Crippen LogP contribution in [-0.4, -0.2) is 23.2 Å². The molecular formula is C23H28N2O2. The molecular weight excluding hydrogens is 336 g/mol. The lowest BCUT2D eigenvalue weighted by atomic mass is 9.99. The number of H-pyrrole nitrogens is 1. The van der Waals surface area contributed by atoms with Crippen LogP contribution in [0.1, 0.15) is 37.5 Å². The van der Waals surface area contributed by atoms with Crippen LogP contribution in [-0.2, 0) is 11.2 Å². The van der Waals surface area contributed by atoms with Gasteiger partial charge in [0.25, 0.3) is 0 Å². The fourth-order valence-electron chi connectivity index (χ4n) is 3.43. The summed E-state index contributed by atoms with van der Waals surface area (Å²) in [5, 5.41) is 4.06. The Morgan fingerprint density at radius 2 is 1.74 bits per heavy atom. The van der Waals surface area contributed by atoms with E-state index in [2.05, 4.69) is 54.5 Å². The molecule has 1 heterocycles. The molecule has 0 bridgehead atoms. The highest BCUT2D eigenvalue weighted by Gasteiger charge is 2.17. The van der Waals surface area contributed by atoms with Crippen LogP contribution in [0, 0.1) is 13.8 Å². The number of fused-ring (bicyclic) bond motifs is 1. The molecule has 0 radical (unpaired) electrons. The first-order valence-electron chi connectivity index (χ1n) is 9.38. The van der Waals surface area contributed by atoms with Gasteiger partial charge in [0.2, 0.25) is 0 Å². The molecule has 4 heteroatoms. The molecule has 0 aliphatic carbocycles. The molecule has 0 saturated heterocycles. The van der Waals surface area contributed by atoms with Crippen molar-refractivity contribution in [3.63, 3.8) is 0 Å². The third-order valence-electron chi connectivity index (χ3n) is 4.37. The van der Waals surface area contributed by atoms with Crippen molar-refractivity contribution in [3.8, 4) is 11.3 Å². The number of carbonyl (C=O) groups excluding carboxylic acids is 1. The van der Waals surface area contributed by atoms with E-state index in [0.717, 1.165) is 17.6 Å². The Morgan fingerprint density at radius 1 is 1.07 bits per heavy atom. The Kier molecular flexibility index (Phi) is 5.26. The minimum absolute atomic E-state index is 0.379. The third kappa shape index (κ3) is 4.70. The SMILES string of the molecule is Cc1cc(C)cc(-c2[nH]c3ccccc3c2CCNC(=O)OC(C)(C)C)c1. The lowest BCUT2D eigenvalue weighted by molar-refractivity contribution is 0.0528. The van der Waals surface area contributed by atoms with E-state index in [1.165, 1.54) is 27.6 Å². The zero-order valence-corrected chi connectivity index (χ0v) is 16.8. The molecule has 0 spiro atoms. The van der Waals surface area contributed by atoms with E-state index in [1.807, 2.05) is 32.9 Å². The highest BCUT2D eigenvalue weighted by Crippen LogP contribution is 2.31. The number of hydrogen-bond donors (Lipinski definition) is 2. The topological polar surface area (TPSA) is 54.1 Å². The number of rotatable bonds is 4. The summed E-state index contributed by atoms with van der Waals surface area (Å²) in [5.74, 6) is 0. The lowest BCUT2D eigenvalue weighted by Gasteiger charge is -2.19. The average Bonchev–Trinajstić information content (AvgIpc) is 2.91. The van der Waals surface area contributed by atoms with E-state index >= 15 is 0 Å². The van der Waals surface area contributed by atoms with Gasteiger partial charge >= 0.3 is 6.09 Å². The standard InChI is InChI=1S/C23H28N2O2/c1-15-12-16(2)14-17(13-15)21-19(18-8-6-7-9-20(18)25-21)10-11-24-22(26)27-23(3,4)5/h6-9,12-14,25H,10-11H2,1-5H3,(H,24,26). The molecule has 142 valence electrons. The fourth-order valence-corrected chi connectivity index (χ4v) is 3.43. The molecule has 0 unspecified atom stereocenters. The van der Waals surface area contributed by atoms with E-state index in [0.29, 0.717) is 6.54 Å². The van der Waals surface area contributed by atoms with Crippen LogP contribution < -0.4 is 5.32 Å². The number of aromatic amines is 1. The van der Waals surface area contributed by atoms with Crippen molar-refractivity contribution in [2.75, 3.05) is 6.54 Å². The van der Waals surface area contributed by atoms with Crippen molar-refractivity contribution < 1.29 is 9.53 Å². The maximum absolute atomic E-state index is 12.0. The van der Waals surface area contributed by atoms with Gasteiger partial charge in [-0.3, -0.25) is 0 Å². The Bertz CT molecular complexity index is 944. The van der Waals surface area contributed by atoms with Gasteiger partial charge in [-0.1, -0.05) is 35.4 Å². The maximum atomic E-state index is 12.0. The minimum atomic E-state index is -0.491. The van der Waals surface area contributed by atoms with Crippen LogP contribution in [0.2, 0.25) is 0 Å². The summed E-state index contributed by atoms with van der Waals surface area (Å²) in [6.45, 7) is 10.3. The number of benzene rings is 2. The number of para-hydroxylation sites is 1. The zero-order chi connectivity index (χ0) is 19.6. The van der Waals surface area contributed by atoms with Crippen molar-refractivity contribution in [2.45, 2.75) is 46.6 Å². The van der Waals surface area contributed by atoms with Crippen LogP contribution in [0.4, 0.5) is 4.79 Å². The highest BCUT2D eigenvalue weighted by atomic mass is 16.6. The molecule has 1 amide bonds. The summed E-state index contributed by atoms with van der Waals surface area (Å²) in [5.41, 5.74) is 6.60. The van der Waals surface area contributed by atoms with Gasteiger partial charge in [-0.2, -0.15) is 0 Å². The second kappa shape index (κ2) is 7.47. The fraction of sp³-hybridized carbons (Fsp3) is 0.348. The first kappa shape index (κ1) is 19.0. The van der Waals surface area contributed by atoms with Crippen LogP contribution in [0.15, 0.2) is 42.5 Å². The Balaban J connectivity index is 1.88. The number of ether oxygens (including phenoxy) is 1. The second-order valence-corrected chi connectivity index (χ2v) is 8.08. The van der Waals surface area contributed by atoms with Crippen molar-refractivity contribution in [1.82, 2.24) is 10.3 Å². The van der Waals surface area contributed by atoms with E-state index in [4.69, 9.17) is 4.74 Å². The predicted molar refractivity (Wildman–Crippen MR) is 111 cm³/mol. The van der Waals surface area contributed by atoms with Crippen LogP contribution in [0.25, 0.3) is 22.2 Å². The molecule has 0 fully saturated rings. The minimum Gasteiger partial charge on any atom is -0.444 e. The first-order valence-corrected chi connectivity index (χ1v) is 9.38. The monoisotopic (exact) mass is 364 g/mol.